The first-order valence-corrected chi connectivity index (χ1v) is 9.69. The highest BCUT2D eigenvalue weighted by atomic mass is 16.6. The van der Waals surface area contributed by atoms with Gasteiger partial charge >= 0.3 is 0 Å². The van der Waals surface area contributed by atoms with Crippen LogP contribution in [0.3, 0.4) is 0 Å². The predicted molar refractivity (Wildman–Crippen MR) is 116 cm³/mol. The molecule has 1 aromatic heterocycles. The van der Waals surface area contributed by atoms with Crippen LogP contribution in [0.25, 0.3) is 17.4 Å². The second kappa shape index (κ2) is 10.0. The van der Waals surface area contributed by atoms with Gasteiger partial charge in [0.25, 0.3) is 17.5 Å². The first kappa shape index (κ1) is 21.5. The normalized spacial score (nSPS) is 11.1. The van der Waals surface area contributed by atoms with Gasteiger partial charge in [0.15, 0.2) is 0 Å². The smallest absolute Gasteiger partial charge is 0.269 e. The topological polar surface area (TPSA) is 114 Å². The summed E-state index contributed by atoms with van der Waals surface area (Å²) in [6.45, 7) is 2.39. The van der Waals surface area contributed by atoms with Gasteiger partial charge in [-0.1, -0.05) is 25.1 Å². The van der Waals surface area contributed by atoms with E-state index in [1.807, 2.05) is 6.92 Å². The molecule has 0 unspecified atom stereocenters. The molecule has 0 saturated carbocycles. The van der Waals surface area contributed by atoms with Gasteiger partial charge < -0.3 is 15.1 Å². The number of benzene rings is 2. The number of furan rings is 1. The predicted octanol–water partition coefficient (Wildman–Crippen LogP) is 4.15. The van der Waals surface area contributed by atoms with Crippen LogP contribution < -0.4 is 10.6 Å². The number of nitrogens with one attached hydrogen (secondary N) is 2. The van der Waals surface area contributed by atoms with Crippen molar-refractivity contribution in [3.63, 3.8) is 0 Å². The molecule has 1 heterocycles. The summed E-state index contributed by atoms with van der Waals surface area (Å²) >= 11 is 0. The van der Waals surface area contributed by atoms with E-state index in [4.69, 9.17) is 4.42 Å². The molecule has 158 valence electrons. The van der Waals surface area contributed by atoms with Crippen molar-refractivity contribution in [3.05, 3.63) is 93.9 Å². The van der Waals surface area contributed by atoms with Gasteiger partial charge in [-0.2, -0.15) is 0 Å². The monoisotopic (exact) mass is 419 g/mol. The lowest BCUT2D eigenvalue weighted by molar-refractivity contribution is -0.384. The lowest BCUT2D eigenvalue weighted by Gasteiger charge is -2.10. The largest absolute Gasteiger partial charge is 0.457 e. The van der Waals surface area contributed by atoms with Crippen molar-refractivity contribution in [1.29, 1.82) is 0 Å². The SMILES string of the molecule is CCCNC(=O)/C(=C\c1ccc(-c2ccc([N+](=O)[O-])cc2)o1)NC(=O)c1ccccc1. The van der Waals surface area contributed by atoms with E-state index in [1.165, 1.54) is 18.2 Å². The lowest BCUT2D eigenvalue weighted by Crippen LogP contribution is -2.35. The van der Waals surface area contributed by atoms with E-state index in [2.05, 4.69) is 10.6 Å². The first-order chi connectivity index (χ1) is 15.0. The van der Waals surface area contributed by atoms with Crippen LogP contribution in [0.1, 0.15) is 29.5 Å². The maximum atomic E-state index is 12.6. The van der Waals surface area contributed by atoms with E-state index in [0.717, 1.165) is 6.42 Å². The minimum absolute atomic E-state index is 0.0195. The molecule has 2 amide bonds. The molecule has 0 saturated heterocycles. The molecular weight excluding hydrogens is 398 g/mol. The van der Waals surface area contributed by atoms with Crippen LogP contribution in [0.2, 0.25) is 0 Å². The molecule has 2 aromatic carbocycles. The van der Waals surface area contributed by atoms with Gasteiger partial charge in [0.2, 0.25) is 0 Å². The van der Waals surface area contributed by atoms with Gasteiger partial charge in [-0.25, -0.2) is 0 Å². The van der Waals surface area contributed by atoms with E-state index in [-0.39, 0.29) is 11.4 Å². The van der Waals surface area contributed by atoms with E-state index < -0.39 is 16.7 Å². The number of nitro benzene ring substituents is 1. The quantitative estimate of drug-likeness (QED) is 0.323. The van der Waals surface area contributed by atoms with E-state index in [0.29, 0.717) is 29.2 Å². The standard InChI is InChI=1S/C23H21N3O5/c1-2-14-24-23(28)20(25-22(27)17-6-4-3-5-7-17)15-19-12-13-21(31-19)16-8-10-18(11-9-16)26(29)30/h3-13,15H,2,14H2,1H3,(H,24,28)(H,25,27)/b20-15+. The van der Waals surface area contributed by atoms with Crippen molar-refractivity contribution in [2.24, 2.45) is 0 Å². The van der Waals surface area contributed by atoms with Gasteiger partial charge in [-0.15, -0.1) is 0 Å². The molecule has 2 N–H and O–H groups in total. The highest BCUT2D eigenvalue weighted by Gasteiger charge is 2.15. The minimum atomic E-state index is -0.476. The van der Waals surface area contributed by atoms with Crippen LogP contribution in [0.15, 0.2) is 76.8 Å². The molecule has 0 aliphatic rings. The number of hydrogen-bond acceptors (Lipinski definition) is 5. The van der Waals surface area contributed by atoms with E-state index in [1.54, 1.807) is 54.6 Å². The average Bonchev–Trinajstić information content (AvgIpc) is 3.26. The van der Waals surface area contributed by atoms with Crippen LogP contribution in [0.5, 0.6) is 0 Å². The van der Waals surface area contributed by atoms with Crippen molar-refractivity contribution >= 4 is 23.6 Å². The molecule has 0 bridgehead atoms. The number of carbonyl (C=O) groups is 2. The van der Waals surface area contributed by atoms with Crippen molar-refractivity contribution in [3.8, 4) is 11.3 Å². The summed E-state index contributed by atoms with van der Waals surface area (Å²) in [4.78, 5) is 35.4. The summed E-state index contributed by atoms with van der Waals surface area (Å²) in [6.07, 6.45) is 2.19. The molecule has 0 aliphatic carbocycles. The fourth-order valence-corrected chi connectivity index (χ4v) is 2.75. The minimum Gasteiger partial charge on any atom is -0.457 e. The van der Waals surface area contributed by atoms with Gasteiger partial charge in [0.1, 0.15) is 17.2 Å². The zero-order valence-corrected chi connectivity index (χ0v) is 16.8. The van der Waals surface area contributed by atoms with Crippen LogP contribution in [0, 0.1) is 10.1 Å². The Morgan fingerprint density at radius 2 is 1.74 bits per heavy atom. The number of carbonyl (C=O) groups excluding carboxylic acids is 2. The van der Waals surface area contributed by atoms with Crippen LogP contribution >= 0.6 is 0 Å². The molecule has 0 aliphatic heterocycles. The second-order valence-electron chi connectivity index (χ2n) is 6.64. The summed E-state index contributed by atoms with van der Waals surface area (Å²) < 4.78 is 5.76. The molecule has 0 atom stereocenters. The fourth-order valence-electron chi connectivity index (χ4n) is 2.75. The maximum Gasteiger partial charge on any atom is 0.269 e. The third-order valence-corrected chi connectivity index (χ3v) is 4.34. The maximum absolute atomic E-state index is 12.6. The number of rotatable bonds is 8. The third kappa shape index (κ3) is 5.66. The number of non-ortho nitro benzene ring substituents is 1. The molecule has 8 heteroatoms. The van der Waals surface area contributed by atoms with Crippen LogP contribution in [-0.2, 0) is 4.79 Å². The highest BCUT2D eigenvalue weighted by molar-refractivity contribution is 6.05. The lowest BCUT2D eigenvalue weighted by atomic mass is 10.1. The number of nitrogens with zero attached hydrogens (tertiary/aromatic N) is 1. The Bertz CT molecular complexity index is 1100. The Kier molecular flexibility index (Phi) is 6.95. The summed E-state index contributed by atoms with van der Waals surface area (Å²) in [5, 5.41) is 16.2. The first-order valence-electron chi connectivity index (χ1n) is 9.69. The zero-order valence-electron chi connectivity index (χ0n) is 16.8. The van der Waals surface area contributed by atoms with Crippen molar-refractivity contribution in [2.75, 3.05) is 6.54 Å². The van der Waals surface area contributed by atoms with Crippen LogP contribution in [-0.4, -0.2) is 23.3 Å². The Balaban J connectivity index is 1.84. The Morgan fingerprint density at radius 1 is 1.03 bits per heavy atom. The summed E-state index contributed by atoms with van der Waals surface area (Å²) in [5.74, 6) is -0.0210. The fraction of sp³-hybridized carbons (Fsp3) is 0.130. The molecular formula is C23H21N3O5. The molecule has 3 aromatic rings. The van der Waals surface area contributed by atoms with Gasteiger partial charge in [0.05, 0.1) is 4.92 Å². The Morgan fingerprint density at radius 3 is 2.39 bits per heavy atom. The molecule has 0 fully saturated rings. The number of nitro groups is 1. The van der Waals surface area contributed by atoms with E-state index in [9.17, 15) is 19.7 Å². The zero-order chi connectivity index (χ0) is 22.2. The summed E-state index contributed by atoms with van der Waals surface area (Å²) in [7, 11) is 0. The second-order valence-corrected chi connectivity index (χ2v) is 6.64. The molecule has 3 rings (SSSR count). The Labute approximate surface area is 178 Å². The summed E-state index contributed by atoms with van der Waals surface area (Å²) in [5.41, 5.74) is 1.10. The van der Waals surface area contributed by atoms with Crippen molar-refractivity contribution in [1.82, 2.24) is 10.6 Å². The number of amides is 2. The molecule has 0 radical (unpaired) electrons. The van der Waals surface area contributed by atoms with Crippen molar-refractivity contribution in [2.45, 2.75) is 13.3 Å². The van der Waals surface area contributed by atoms with E-state index >= 15 is 0 Å². The molecule has 31 heavy (non-hydrogen) atoms. The highest BCUT2D eigenvalue weighted by Crippen LogP contribution is 2.25. The van der Waals surface area contributed by atoms with Gasteiger partial charge in [-0.05, 0) is 42.8 Å². The third-order valence-electron chi connectivity index (χ3n) is 4.34. The molecule has 0 spiro atoms. The van der Waals surface area contributed by atoms with Crippen molar-refractivity contribution < 1.29 is 18.9 Å². The Hall–Kier alpha value is -4.20. The number of hydrogen-bond donors (Lipinski definition) is 2. The van der Waals surface area contributed by atoms with Crippen LogP contribution in [0.4, 0.5) is 5.69 Å². The van der Waals surface area contributed by atoms with Gasteiger partial charge in [-0.3, -0.25) is 19.7 Å². The summed E-state index contributed by atoms with van der Waals surface area (Å²) in [6, 6.07) is 17.8. The average molecular weight is 419 g/mol. The van der Waals surface area contributed by atoms with Gasteiger partial charge in [0, 0.05) is 35.9 Å². The molecule has 8 nitrogen and oxygen atoms in total.